The van der Waals surface area contributed by atoms with E-state index >= 15 is 0 Å². The van der Waals surface area contributed by atoms with Crippen molar-refractivity contribution in [2.45, 2.75) is 26.8 Å². The van der Waals surface area contributed by atoms with Crippen LogP contribution in [0.1, 0.15) is 36.2 Å². The molecule has 0 saturated heterocycles. The van der Waals surface area contributed by atoms with Crippen LogP contribution in [0.4, 0.5) is 0 Å². The van der Waals surface area contributed by atoms with Crippen LogP contribution >= 0.6 is 0 Å². The number of ether oxygens (including phenoxy) is 2. The molecule has 0 amide bonds. The highest BCUT2D eigenvalue weighted by molar-refractivity contribution is 5.92. The maximum atomic E-state index is 11.8. The number of rotatable bonds is 7. The van der Waals surface area contributed by atoms with Crippen molar-refractivity contribution in [1.82, 2.24) is 10.6 Å². The molecule has 1 aromatic carbocycles. The van der Waals surface area contributed by atoms with Crippen molar-refractivity contribution in [2.24, 2.45) is 10.9 Å². The van der Waals surface area contributed by atoms with Crippen molar-refractivity contribution in [3.8, 4) is 5.75 Å². The van der Waals surface area contributed by atoms with E-state index in [0.717, 1.165) is 24.5 Å². The van der Waals surface area contributed by atoms with Crippen LogP contribution in [0.5, 0.6) is 5.75 Å². The normalized spacial score (nSPS) is 11.3. The highest BCUT2D eigenvalue weighted by Gasteiger charge is 2.13. The molecule has 6 nitrogen and oxygen atoms in total. The van der Waals surface area contributed by atoms with E-state index in [1.54, 1.807) is 19.2 Å². The third-order valence-electron chi connectivity index (χ3n) is 3.37. The molecule has 1 rings (SSSR count). The lowest BCUT2D eigenvalue weighted by atomic mass is 10.1. The van der Waals surface area contributed by atoms with Crippen LogP contribution in [0.3, 0.4) is 0 Å². The van der Waals surface area contributed by atoms with Crippen LogP contribution in [-0.2, 0) is 11.3 Å². The molecular formula is C17H27N3O3. The number of methoxy groups -OCH3 is 2. The molecule has 0 atom stereocenters. The van der Waals surface area contributed by atoms with Crippen molar-refractivity contribution >= 4 is 11.9 Å². The third kappa shape index (κ3) is 6.18. The van der Waals surface area contributed by atoms with Crippen molar-refractivity contribution in [2.75, 3.05) is 27.8 Å². The summed E-state index contributed by atoms with van der Waals surface area (Å²) in [5.41, 5.74) is 1.36. The Bertz CT molecular complexity index is 542. The average molecular weight is 321 g/mol. The zero-order valence-corrected chi connectivity index (χ0v) is 14.6. The standard InChI is InChI=1S/C17H27N3O3/c1-12(2)8-9-19-17(18-3)20-11-13-6-7-15(22-4)14(10-13)16(21)23-5/h6-7,10,12H,8-9,11H2,1-5H3,(H2,18,19,20). The largest absolute Gasteiger partial charge is 0.496 e. The molecule has 128 valence electrons. The summed E-state index contributed by atoms with van der Waals surface area (Å²) >= 11 is 0. The number of hydrogen-bond donors (Lipinski definition) is 2. The predicted molar refractivity (Wildman–Crippen MR) is 92.0 cm³/mol. The number of guanidine groups is 1. The van der Waals surface area contributed by atoms with Gasteiger partial charge < -0.3 is 20.1 Å². The molecular weight excluding hydrogens is 294 g/mol. The van der Waals surface area contributed by atoms with Gasteiger partial charge in [0.15, 0.2) is 5.96 Å². The zero-order valence-electron chi connectivity index (χ0n) is 14.6. The number of nitrogens with one attached hydrogen (secondary N) is 2. The molecule has 6 heteroatoms. The first-order valence-electron chi connectivity index (χ1n) is 7.71. The Labute approximate surface area is 138 Å². The second-order valence-electron chi connectivity index (χ2n) is 5.56. The van der Waals surface area contributed by atoms with E-state index in [4.69, 9.17) is 9.47 Å². The van der Waals surface area contributed by atoms with E-state index in [0.29, 0.717) is 23.8 Å². The minimum atomic E-state index is -0.414. The summed E-state index contributed by atoms with van der Waals surface area (Å²) in [5.74, 6) is 1.47. The molecule has 0 aromatic heterocycles. The molecule has 0 fully saturated rings. The van der Waals surface area contributed by atoms with E-state index in [9.17, 15) is 4.79 Å². The quantitative estimate of drug-likeness (QED) is 0.457. The second kappa shape index (κ2) is 9.71. The van der Waals surface area contributed by atoms with Gasteiger partial charge in [-0.15, -0.1) is 0 Å². The van der Waals surface area contributed by atoms with Gasteiger partial charge in [0, 0.05) is 20.1 Å². The summed E-state index contributed by atoms with van der Waals surface area (Å²) in [4.78, 5) is 16.0. The Morgan fingerprint density at radius 3 is 2.57 bits per heavy atom. The molecule has 0 saturated carbocycles. The van der Waals surface area contributed by atoms with E-state index in [2.05, 4.69) is 29.5 Å². The summed E-state index contributed by atoms with van der Waals surface area (Å²) in [6.07, 6.45) is 1.08. The Kier molecular flexibility index (Phi) is 7.94. The SMILES string of the molecule is CN=C(NCCC(C)C)NCc1ccc(OC)c(C(=O)OC)c1. The van der Waals surface area contributed by atoms with E-state index < -0.39 is 5.97 Å². The van der Waals surface area contributed by atoms with Crippen LogP contribution in [0, 0.1) is 5.92 Å². The number of carbonyl (C=O) groups is 1. The third-order valence-corrected chi connectivity index (χ3v) is 3.37. The molecule has 0 heterocycles. The molecule has 0 aliphatic carbocycles. The maximum absolute atomic E-state index is 11.8. The minimum Gasteiger partial charge on any atom is -0.496 e. The maximum Gasteiger partial charge on any atom is 0.341 e. The molecule has 2 N–H and O–H groups in total. The predicted octanol–water partition coefficient (Wildman–Crippen LogP) is 2.19. The van der Waals surface area contributed by atoms with Gasteiger partial charge in [0.05, 0.1) is 14.2 Å². The van der Waals surface area contributed by atoms with E-state index in [-0.39, 0.29) is 0 Å². The summed E-state index contributed by atoms with van der Waals surface area (Å²) in [6.45, 7) is 5.79. The Morgan fingerprint density at radius 2 is 2.00 bits per heavy atom. The van der Waals surface area contributed by atoms with E-state index in [1.165, 1.54) is 14.2 Å². The smallest absolute Gasteiger partial charge is 0.341 e. The van der Waals surface area contributed by atoms with Gasteiger partial charge in [0.25, 0.3) is 0 Å². The van der Waals surface area contributed by atoms with Crippen LogP contribution in [0.25, 0.3) is 0 Å². The first-order chi connectivity index (χ1) is 11.0. The molecule has 0 unspecified atom stereocenters. The molecule has 0 radical (unpaired) electrons. The van der Waals surface area contributed by atoms with Crippen molar-refractivity contribution in [3.05, 3.63) is 29.3 Å². The van der Waals surface area contributed by atoms with Crippen LogP contribution in [0.15, 0.2) is 23.2 Å². The van der Waals surface area contributed by atoms with Gasteiger partial charge in [-0.1, -0.05) is 19.9 Å². The number of nitrogens with zero attached hydrogens (tertiary/aromatic N) is 1. The summed E-state index contributed by atoms with van der Waals surface area (Å²) < 4.78 is 9.97. The van der Waals surface area contributed by atoms with Gasteiger partial charge in [-0.25, -0.2) is 4.79 Å². The lowest BCUT2D eigenvalue weighted by Gasteiger charge is -2.14. The monoisotopic (exact) mass is 321 g/mol. The van der Waals surface area contributed by atoms with Gasteiger partial charge in [-0.3, -0.25) is 4.99 Å². The Balaban J connectivity index is 2.68. The molecule has 0 aliphatic heterocycles. The van der Waals surface area contributed by atoms with Gasteiger partial charge in [0.1, 0.15) is 11.3 Å². The molecule has 0 bridgehead atoms. The minimum absolute atomic E-state index is 0.414. The molecule has 0 spiro atoms. The first kappa shape index (κ1) is 18.8. The highest BCUT2D eigenvalue weighted by Crippen LogP contribution is 2.20. The number of benzene rings is 1. The zero-order chi connectivity index (χ0) is 17.2. The fourth-order valence-corrected chi connectivity index (χ4v) is 2.02. The molecule has 0 aliphatic rings. The van der Waals surface area contributed by atoms with Gasteiger partial charge >= 0.3 is 5.97 Å². The highest BCUT2D eigenvalue weighted by atomic mass is 16.5. The molecule has 1 aromatic rings. The van der Waals surface area contributed by atoms with Crippen molar-refractivity contribution in [1.29, 1.82) is 0 Å². The lowest BCUT2D eigenvalue weighted by Crippen LogP contribution is -2.37. The van der Waals surface area contributed by atoms with Gasteiger partial charge in [-0.05, 0) is 30.0 Å². The van der Waals surface area contributed by atoms with Crippen molar-refractivity contribution in [3.63, 3.8) is 0 Å². The summed E-state index contributed by atoms with van der Waals surface area (Å²) in [5, 5.41) is 6.49. The lowest BCUT2D eigenvalue weighted by molar-refractivity contribution is 0.0597. The number of esters is 1. The Hall–Kier alpha value is -2.24. The Morgan fingerprint density at radius 1 is 1.26 bits per heavy atom. The van der Waals surface area contributed by atoms with E-state index in [1.807, 2.05) is 6.07 Å². The van der Waals surface area contributed by atoms with Crippen LogP contribution in [-0.4, -0.2) is 39.7 Å². The fourth-order valence-electron chi connectivity index (χ4n) is 2.02. The topological polar surface area (TPSA) is 72.0 Å². The number of aliphatic imine (C=N–C) groups is 1. The number of carbonyl (C=O) groups excluding carboxylic acids is 1. The number of hydrogen-bond acceptors (Lipinski definition) is 4. The molecule has 23 heavy (non-hydrogen) atoms. The van der Waals surface area contributed by atoms with Crippen molar-refractivity contribution < 1.29 is 14.3 Å². The second-order valence-corrected chi connectivity index (χ2v) is 5.56. The first-order valence-corrected chi connectivity index (χ1v) is 7.71. The summed E-state index contributed by atoms with van der Waals surface area (Å²) in [7, 11) is 4.62. The van der Waals surface area contributed by atoms with Gasteiger partial charge in [-0.2, -0.15) is 0 Å². The van der Waals surface area contributed by atoms with Crippen LogP contribution in [0.2, 0.25) is 0 Å². The summed E-state index contributed by atoms with van der Waals surface area (Å²) in [6, 6.07) is 5.43. The average Bonchev–Trinajstić information content (AvgIpc) is 2.56. The van der Waals surface area contributed by atoms with Crippen LogP contribution < -0.4 is 15.4 Å². The fraction of sp³-hybridized carbons (Fsp3) is 0.529. The van der Waals surface area contributed by atoms with Gasteiger partial charge in [0.2, 0.25) is 0 Å².